The number of amides is 1. The van der Waals surface area contributed by atoms with Gasteiger partial charge in [0.1, 0.15) is 0 Å². The summed E-state index contributed by atoms with van der Waals surface area (Å²) in [6, 6.07) is 6.17. The Morgan fingerprint density at radius 1 is 1.26 bits per heavy atom. The molecule has 0 radical (unpaired) electrons. The molecule has 0 aliphatic heterocycles. The fourth-order valence-corrected chi connectivity index (χ4v) is 4.00. The minimum Gasteiger partial charge on any atom is -0.382 e. The van der Waals surface area contributed by atoms with E-state index in [1.54, 1.807) is 12.4 Å². The molecule has 0 spiro atoms. The number of pyridine rings is 1. The van der Waals surface area contributed by atoms with Gasteiger partial charge in [-0.05, 0) is 44.4 Å². The Morgan fingerprint density at radius 2 is 2.13 bits per heavy atom. The number of hydrogen-bond acceptors (Lipinski definition) is 7. The van der Waals surface area contributed by atoms with Crippen molar-refractivity contribution < 1.29 is 4.79 Å². The number of benzene rings is 1. The summed E-state index contributed by atoms with van der Waals surface area (Å²) in [6.45, 7) is 4.64. The van der Waals surface area contributed by atoms with Gasteiger partial charge in [-0.25, -0.2) is 4.98 Å². The van der Waals surface area contributed by atoms with Crippen LogP contribution in [0.1, 0.15) is 36.3 Å². The van der Waals surface area contributed by atoms with Gasteiger partial charge >= 0.3 is 0 Å². The van der Waals surface area contributed by atoms with Crippen LogP contribution in [-0.2, 0) is 6.42 Å². The molecule has 0 saturated heterocycles. The van der Waals surface area contributed by atoms with E-state index in [1.807, 2.05) is 43.6 Å². The van der Waals surface area contributed by atoms with Gasteiger partial charge in [-0.2, -0.15) is 5.10 Å². The molecule has 0 unspecified atom stereocenters. The number of nitrogens with one attached hydrogen (secondary N) is 3. The van der Waals surface area contributed by atoms with Crippen molar-refractivity contribution in [1.29, 1.82) is 0 Å². The summed E-state index contributed by atoms with van der Waals surface area (Å²) in [4.78, 5) is 21.8. The predicted molar refractivity (Wildman–Crippen MR) is 125 cm³/mol. The number of anilines is 2. The number of rotatable bonds is 8. The molecule has 0 fully saturated rings. The molecule has 1 amide bonds. The summed E-state index contributed by atoms with van der Waals surface area (Å²) in [5.41, 5.74) is 10.8. The average molecular weight is 436 g/mol. The number of carbonyl (C=O) groups is 1. The number of aromatic amines is 1. The summed E-state index contributed by atoms with van der Waals surface area (Å²) in [5.74, 6) is -0.149. The first-order valence-corrected chi connectivity index (χ1v) is 11.1. The Hall–Kier alpha value is -3.46. The molecular formula is C22H25N7OS. The minimum atomic E-state index is -0.149. The first kappa shape index (κ1) is 20.8. The van der Waals surface area contributed by atoms with Crippen molar-refractivity contribution in [2.45, 2.75) is 32.7 Å². The molecule has 8 nitrogen and oxygen atoms in total. The number of nitrogens with zero attached hydrogens (tertiary/aromatic N) is 3. The van der Waals surface area contributed by atoms with Gasteiger partial charge in [0.05, 0.1) is 28.7 Å². The number of fused-ring (bicyclic) bond motifs is 1. The van der Waals surface area contributed by atoms with Crippen molar-refractivity contribution in [3.05, 3.63) is 53.4 Å². The fourth-order valence-electron chi connectivity index (χ4n) is 3.40. The lowest BCUT2D eigenvalue weighted by Crippen LogP contribution is -2.26. The SMILES string of the molecule is CC(C)Nc1c(C(=O)NCCCc2csc(N)n2)cnc2ccc(-c3cn[nH]c3)cc12. The molecule has 0 saturated carbocycles. The van der Waals surface area contributed by atoms with Crippen molar-refractivity contribution in [2.24, 2.45) is 0 Å². The lowest BCUT2D eigenvalue weighted by atomic mass is 10.0. The van der Waals surface area contributed by atoms with E-state index in [-0.39, 0.29) is 11.9 Å². The Balaban J connectivity index is 1.57. The third kappa shape index (κ3) is 4.83. The number of carbonyl (C=O) groups excluding carboxylic acids is 1. The number of nitrogen functional groups attached to an aromatic ring is 1. The number of H-pyrrole nitrogens is 1. The van der Waals surface area contributed by atoms with Crippen molar-refractivity contribution in [3.8, 4) is 11.1 Å². The number of thiazole rings is 1. The van der Waals surface area contributed by atoms with Crippen LogP contribution in [0.4, 0.5) is 10.8 Å². The Kier molecular flexibility index (Phi) is 6.13. The lowest BCUT2D eigenvalue weighted by molar-refractivity contribution is 0.0953. The fraction of sp³-hybridized carbons (Fsp3) is 0.273. The molecule has 4 aromatic rings. The molecule has 0 atom stereocenters. The predicted octanol–water partition coefficient (Wildman–Crippen LogP) is 3.85. The van der Waals surface area contributed by atoms with Gasteiger partial charge in [-0.3, -0.25) is 14.9 Å². The topological polar surface area (TPSA) is 122 Å². The van der Waals surface area contributed by atoms with Gasteiger partial charge in [0.25, 0.3) is 5.91 Å². The molecule has 0 aliphatic rings. The molecule has 160 valence electrons. The third-order valence-electron chi connectivity index (χ3n) is 4.84. The average Bonchev–Trinajstić information content (AvgIpc) is 3.42. The van der Waals surface area contributed by atoms with Crippen molar-refractivity contribution >= 4 is 39.0 Å². The summed E-state index contributed by atoms with van der Waals surface area (Å²) in [5, 5.41) is 16.7. The van der Waals surface area contributed by atoms with E-state index in [4.69, 9.17) is 5.73 Å². The Labute approximate surface area is 184 Å². The van der Waals surface area contributed by atoms with Crippen LogP contribution in [-0.4, -0.2) is 38.7 Å². The smallest absolute Gasteiger partial charge is 0.254 e. The maximum absolute atomic E-state index is 13.0. The molecule has 0 aliphatic carbocycles. The van der Waals surface area contributed by atoms with Crippen LogP contribution in [0, 0.1) is 0 Å². The standard InChI is InChI=1S/C22H25N7OS/c1-13(2)28-20-17-8-14(15-9-26-27-10-15)5-6-19(17)25-11-18(20)21(30)24-7-3-4-16-12-31-22(23)29-16/h5-6,8-13H,3-4,7H2,1-2H3,(H2,23,29)(H,24,30)(H,25,28)(H,26,27). The zero-order valence-electron chi connectivity index (χ0n) is 17.5. The van der Waals surface area contributed by atoms with Gasteiger partial charge in [0, 0.05) is 41.3 Å². The van der Waals surface area contributed by atoms with E-state index in [2.05, 4.69) is 30.8 Å². The quantitative estimate of drug-likeness (QED) is 0.312. The summed E-state index contributed by atoms with van der Waals surface area (Å²) >= 11 is 1.43. The summed E-state index contributed by atoms with van der Waals surface area (Å²) in [7, 11) is 0. The van der Waals surface area contributed by atoms with E-state index in [0.717, 1.165) is 46.3 Å². The highest BCUT2D eigenvalue weighted by Gasteiger charge is 2.17. The van der Waals surface area contributed by atoms with Gasteiger partial charge < -0.3 is 16.4 Å². The molecule has 1 aromatic carbocycles. The van der Waals surface area contributed by atoms with Crippen LogP contribution in [0.2, 0.25) is 0 Å². The molecule has 3 aromatic heterocycles. The highest BCUT2D eigenvalue weighted by Crippen LogP contribution is 2.31. The highest BCUT2D eigenvalue weighted by atomic mass is 32.1. The lowest BCUT2D eigenvalue weighted by Gasteiger charge is -2.17. The van der Waals surface area contributed by atoms with Gasteiger partial charge in [0.15, 0.2) is 5.13 Å². The molecule has 4 rings (SSSR count). The van der Waals surface area contributed by atoms with Crippen molar-refractivity contribution in [2.75, 3.05) is 17.6 Å². The van der Waals surface area contributed by atoms with Gasteiger partial charge in [-0.1, -0.05) is 6.07 Å². The summed E-state index contributed by atoms with van der Waals surface area (Å²) in [6.07, 6.45) is 6.82. The van der Waals surface area contributed by atoms with E-state index < -0.39 is 0 Å². The van der Waals surface area contributed by atoms with E-state index in [9.17, 15) is 4.79 Å². The van der Waals surface area contributed by atoms with Crippen molar-refractivity contribution in [3.63, 3.8) is 0 Å². The van der Waals surface area contributed by atoms with Crippen LogP contribution >= 0.6 is 11.3 Å². The van der Waals surface area contributed by atoms with Crippen LogP contribution in [0.15, 0.2) is 42.2 Å². The van der Waals surface area contributed by atoms with E-state index >= 15 is 0 Å². The molecular weight excluding hydrogens is 410 g/mol. The third-order valence-corrected chi connectivity index (χ3v) is 5.56. The molecule has 5 N–H and O–H groups in total. The number of aromatic nitrogens is 4. The van der Waals surface area contributed by atoms with E-state index in [1.165, 1.54) is 11.3 Å². The molecule has 0 bridgehead atoms. The molecule has 9 heteroatoms. The zero-order valence-corrected chi connectivity index (χ0v) is 18.3. The van der Waals surface area contributed by atoms with Crippen LogP contribution in [0.3, 0.4) is 0 Å². The monoisotopic (exact) mass is 435 g/mol. The second-order valence-electron chi connectivity index (χ2n) is 7.60. The van der Waals surface area contributed by atoms with Crippen LogP contribution in [0.5, 0.6) is 0 Å². The van der Waals surface area contributed by atoms with Crippen molar-refractivity contribution in [1.82, 2.24) is 25.5 Å². The number of hydrogen-bond donors (Lipinski definition) is 4. The van der Waals surface area contributed by atoms with Crippen LogP contribution < -0.4 is 16.4 Å². The number of aryl methyl sites for hydroxylation is 1. The highest BCUT2D eigenvalue weighted by molar-refractivity contribution is 7.13. The minimum absolute atomic E-state index is 0.149. The van der Waals surface area contributed by atoms with Gasteiger partial charge in [0.2, 0.25) is 0 Å². The zero-order chi connectivity index (χ0) is 21.8. The first-order valence-electron chi connectivity index (χ1n) is 10.2. The molecule has 31 heavy (non-hydrogen) atoms. The van der Waals surface area contributed by atoms with Crippen LogP contribution in [0.25, 0.3) is 22.0 Å². The first-order chi connectivity index (χ1) is 15.0. The maximum Gasteiger partial charge on any atom is 0.254 e. The second-order valence-corrected chi connectivity index (χ2v) is 8.49. The van der Waals surface area contributed by atoms with E-state index in [0.29, 0.717) is 17.2 Å². The Morgan fingerprint density at radius 3 is 2.84 bits per heavy atom. The maximum atomic E-state index is 13.0. The van der Waals surface area contributed by atoms with Gasteiger partial charge in [-0.15, -0.1) is 11.3 Å². The Bertz CT molecular complexity index is 1180. The number of nitrogens with two attached hydrogens (primary N) is 1. The normalized spacial score (nSPS) is 11.2. The summed E-state index contributed by atoms with van der Waals surface area (Å²) < 4.78 is 0. The largest absolute Gasteiger partial charge is 0.382 e. The molecule has 3 heterocycles. The second kappa shape index (κ2) is 9.13.